The van der Waals surface area contributed by atoms with Gasteiger partial charge in [0.1, 0.15) is 0 Å². The van der Waals surface area contributed by atoms with E-state index in [-0.39, 0.29) is 17.5 Å². The number of hydrogen-bond acceptors (Lipinski definition) is 4. The smallest absolute Gasteiger partial charge is 0.338 e. The maximum Gasteiger partial charge on any atom is 0.451 e. The van der Waals surface area contributed by atoms with E-state index in [4.69, 9.17) is 0 Å². The molecule has 1 rings (SSSR count). The van der Waals surface area contributed by atoms with Crippen LogP contribution in [-0.2, 0) is 6.18 Å². The molecule has 0 saturated carbocycles. The lowest BCUT2D eigenvalue weighted by Gasteiger charge is -2.24. The number of thioether (sulfide) groups is 1. The van der Waals surface area contributed by atoms with E-state index in [1.807, 2.05) is 13.8 Å². The third kappa shape index (κ3) is 4.36. The molecule has 0 bridgehead atoms. The molecule has 0 aliphatic rings. The van der Waals surface area contributed by atoms with Crippen molar-refractivity contribution < 1.29 is 18.0 Å². The van der Waals surface area contributed by atoms with Crippen molar-refractivity contribution in [2.75, 3.05) is 18.6 Å². The number of rotatable bonds is 5. The molecule has 0 radical (unpaired) electrons. The van der Waals surface area contributed by atoms with Gasteiger partial charge in [0.15, 0.2) is 0 Å². The lowest BCUT2D eigenvalue weighted by Crippen LogP contribution is -2.36. The fraction of sp³-hybridized carbons (Fsp3) is 0.583. The molecule has 20 heavy (non-hydrogen) atoms. The lowest BCUT2D eigenvalue weighted by atomic mass is 10.2. The van der Waals surface area contributed by atoms with Gasteiger partial charge in [-0.05, 0) is 12.7 Å². The molecule has 0 saturated heterocycles. The van der Waals surface area contributed by atoms with Crippen molar-refractivity contribution >= 4 is 17.7 Å². The summed E-state index contributed by atoms with van der Waals surface area (Å²) in [5.74, 6) is 0.0740. The number of halogens is 3. The molecule has 1 amide bonds. The second kappa shape index (κ2) is 6.92. The van der Waals surface area contributed by atoms with Crippen molar-refractivity contribution in [3.8, 4) is 0 Å². The number of carbonyl (C=O) groups is 1. The van der Waals surface area contributed by atoms with Gasteiger partial charge in [0, 0.05) is 31.2 Å². The summed E-state index contributed by atoms with van der Waals surface area (Å²) in [5.41, 5.74) is 0.0499. The van der Waals surface area contributed by atoms with Crippen LogP contribution in [0, 0.1) is 0 Å². The van der Waals surface area contributed by atoms with Crippen LogP contribution in [0.15, 0.2) is 12.4 Å². The van der Waals surface area contributed by atoms with Crippen LogP contribution in [0.25, 0.3) is 0 Å². The predicted octanol–water partition coefficient (Wildman–Crippen LogP) is 2.71. The third-order valence-corrected chi connectivity index (χ3v) is 3.82. The average Bonchev–Trinajstić information content (AvgIpc) is 2.42. The zero-order valence-electron chi connectivity index (χ0n) is 11.4. The van der Waals surface area contributed by atoms with Gasteiger partial charge in [0.25, 0.3) is 5.91 Å². The summed E-state index contributed by atoms with van der Waals surface area (Å²) in [4.78, 5) is 19.9. The fourth-order valence-corrected chi connectivity index (χ4v) is 2.19. The standard InChI is InChI=1S/C12H16F3N3OS/c1-4-20-7-8(2)18(3)10(19)9-5-16-11(17-6-9)12(13,14)15/h5-6,8H,4,7H2,1-3H3/t8-/m0/s1. The second-order valence-corrected chi connectivity index (χ2v) is 5.54. The first-order valence-corrected chi connectivity index (χ1v) is 7.17. The Hall–Kier alpha value is -1.31. The second-order valence-electron chi connectivity index (χ2n) is 4.22. The minimum absolute atomic E-state index is 0.0188. The summed E-state index contributed by atoms with van der Waals surface area (Å²) in [5, 5.41) is 0. The van der Waals surface area contributed by atoms with Gasteiger partial charge in [-0.1, -0.05) is 6.92 Å². The van der Waals surface area contributed by atoms with Crippen molar-refractivity contribution in [3.05, 3.63) is 23.8 Å². The number of hydrogen-bond donors (Lipinski definition) is 0. The van der Waals surface area contributed by atoms with Crippen LogP contribution in [-0.4, -0.2) is 45.4 Å². The largest absolute Gasteiger partial charge is 0.451 e. The minimum Gasteiger partial charge on any atom is -0.338 e. The molecule has 112 valence electrons. The summed E-state index contributed by atoms with van der Waals surface area (Å²) in [7, 11) is 1.61. The summed E-state index contributed by atoms with van der Waals surface area (Å²) in [6.07, 6.45) is -2.78. The summed E-state index contributed by atoms with van der Waals surface area (Å²) in [6, 6.07) is -0.0188. The predicted molar refractivity (Wildman–Crippen MR) is 71.6 cm³/mol. The molecule has 4 nitrogen and oxygen atoms in total. The first-order chi connectivity index (χ1) is 9.27. The Kier molecular flexibility index (Phi) is 5.79. The molecule has 0 spiro atoms. The summed E-state index contributed by atoms with van der Waals surface area (Å²) in [6.45, 7) is 3.90. The Morgan fingerprint density at radius 1 is 1.40 bits per heavy atom. The third-order valence-electron chi connectivity index (χ3n) is 2.70. The number of carbonyl (C=O) groups excluding carboxylic acids is 1. The minimum atomic E-state index is -4.60. The van der Waals surface area contributed by atoms with Crippen LogP contribution in [0.4, 0.5) is 13.2 Å². The summed E-state index contributed by atoms with van der Waals surface area (Å²) >= 11 is 1.69. The molecule has 0 unspecified atom stereocenters. The molecule has 1 aromatic rings. The van der Waals surface area contributed by atoms with Gasteiger partial charge in [-0.15, -0.1) is 0 Å². The van der Waals surface area contributed by atoms with Crippen LogP contribution in [0.2, 0.25) is 0 Å². The summed E-state index contributed by atoms with van der Waals surface area (Å²) < 4.78 is 37.0. The highest BCUT2D eigenvalue weighted by atomic mass is 32.2. The van der Waals surface area contributed by atoms with Crippen molar-refractivity contribution in [1.82, 2.24) is 14.9 Å². The first kappa shape index (κ1) is 16.7. The van der Waals surface area contributed by atoms with E-state index in [2.05, 4.69) is 9.97 Å². The molecular formula is C12H16F3N3OS. The van der Waals surface area contributed by atoms with Gasteiger partial charge in [-0.25, -0.2) is 9.97 Å². The lowest BCUT2D eigenvalue weighted by molar-refractivity contribution is -0.145. The van der Waals surface area contributed by atoms with Crippen LogP contribution in [0.3, 0.4) is 0 Å². The van der Waals surface area contributed by atoms with Gasteiger partial charge < -0.3 is 4.90 Å². The molecule has 1 atom stereocenters. The normalized spacial score (nSPS) is 13.1. The van der Waals surface area contributed by atoms with E-state index in [1.165, 1.54) is 4.90 Å². The van der Waals surface area contributed by atoms with Crippen LogP contribution in [0.1, 0.15) is 30.0 Å². The van der Waals surface area contributed by atoms with Crippen LogP contribution < -0.4 is 0 Å². The van der Waals surface area contributed by atoms with E-state index < -0.39 is 12.0 Å². The highest BCUT2D eigenvalue weighted by Crippen LogP contribution is 2.25. The Bertz CT molecular complexity index is 450. The molecule has 1 aromatic heterocycles. The molecule has 0 aliphatic heterocycles. The van der Waals surface area contributed by atoms with Crippen LogP contribution in [0.5, 0.6) is 0 Å². The maximum atomic E-state index is 12.3. The van der Waals surface area contributed by atoms with E-state index in [1.54, 1.807) is 18.8 Å². The van der Waals surface area contributed by atoms with E-state index in [0.29, 0.717) is 0 Å². The van der Waals surface area contributed by atoms with Crippen molar-refractivity contribution in [3.63, 3.8) is 0 Å². The topological polar surface area (TPSA) is 46.1 Å². The van der Waals surface area contributed by atoms with Crippen molar-refractivity contribution in [1.29, 1.82) is 0 Å². The van der Waals surface area contributed by atoms with E-state index >= 15 is 0 Å². The molecule has 0 N–H and O–H groups in total. The van der Waals surface area contributed by atoms with E-state index in [0.717, 1.165) is 23.9 Å². The van der Waals surface area contributed by atoms with Crippen LogP contribution >= 0.6 is 11.8 Å². The molecular weight excluding hydrogens is 291 g/mol. The quantitative estimate of drug-likeness (QED) is 0.839. The number of amides is 1. The van der Waals surface area contributed by atoms with Gasteiger partial charge >= 0.3 is 6.18 Å². The fourth-order valence-electron chi connectivity index (χ4n) is 1.39. The number of nitrogens with zero attached hydrogens (tertiary/aromatic N) is 3. The molecule has 0 aromatic carbocycles. The molecule has 0 aliphatic carbocycles. The average molecular weight is 307 g/mol. The highest BCUT2D eigenvalue weighted by Gasteiger charge is 2.34. The Labute approximate surface area is 119 Å². The monoisotopic (exact) mass is 307 g/mol. The SMILES string of the molecule is CCSC[C@H](C)N(C)C(=O)c1cnc(C(F)(F)F)nc1. The van der Waals surface area contributed by atoms with Crippen molar-refractivity contribution in [2.24, 2.45) is 0 Å². The first-order valence-electron chi connectivity index (χ1n) is 6.01. The number of aromatic nitrogens is 2. The zero-order valence-corrected chi connectivity index (χ0v) is 12.3. The Morgan fingerprint density at radius 2 is 1.95 bits per heavy atom. The van der Waals surface area contributed by atoms with Gasteiger partial charge in [0.05, 0.1) is 5.56 Å². The Balaban J connectivity index is 2.77. The Morgan fingerprint density at radius 3 is 2.40 bits per heavy atom. The maximum absolute atomic E-state index is 12.3. The van der Waals surface area contributed by atoms with Gasteiger partial charge in [-0.3, -0.25) is 4.79 Å². The van der Waals surface area contributed by atoms with Gasteiger partial charge in [-0.2, -0.15) is 24.9 Å². The van der Waals surface area contributed by atoms with Gasteiger partial charge in [0.2, 0.25) is 5.82 Å². The zero-order chi connectivity index (χ0) is 15.3. The molecule has 0 fully saturated rings. The van der Waals surface area contributed by atoms with E-state index in [9.17, 15) is 18.0 Å². The number of alkyl halides is 3. The molecule has 1 heterocycles. The molecule has 8 heteroatoms. The van der Waals surface area contributed by atoms with Crippen molar-refractivity contribution in [2.45, 2.75) is 26.1 Å². The highest BCUT2D eigenvalue weighted by molar-refractivity contribution is 7.99.